The molecule has 0 saturated heterocycles. The van der Waals surface area contributed by atoms with Gasteiger partial charge >= 0.3 is 0 Å². The number of nitrogens with zero attached hydrogens (tertiary/aromatic N) is 2. The summed E-state index contributed by atoms with van der Waals surface area (Å²) in [4.78, 5) is 4.27. The molecule has 2 rings (SSSR count). The fourth-order valence-corrected chi connectivity index (χ4v) is 2.44. The van der Waals surface area contributed by atoms with Gasteiger partial charge in [-0.3, -0.25) is 0 Å². The van der Waals surface area contributed by atoms with Gasteiger partial charge in [-0.25, -0.2) is 4.98 Å². The highest BCUT2D eigenvalue weighted by Gasteiger charge is 2.20. The van der Waals surface area contributed by atoms with Crippen LogP contribution in [-0.2, 0) is 18.2 Å². The molecule has 1 aromatic heterocycles. The van der Waals surface area contributed by atoms with E-state index >= 15 is 0 Å². The summed E-state index contributed by atoms with van der Waals surface area (Å²) < 4.78 is 7.90. The molecule has 0 bridgehead atoms. The van der Waals surface area contributed by atoms with Gasteiger partial charge in [0.1, 0.15) is 5.82 Å². The standard InChI is InChI=1S/C13H22N2O2/c1-15-8-7-14-13(15)6-9-17-12-4-2-11(10-16)3-5-12/h7-8,11-12,16H,2-6,9-10H2,1H3. The van der Waals surface area contributed by atoms with Crippen molar-refractivity contribution in [1.82, 2.24) is 9.55 Å². The lowest BCUT2D eigenvalue weighted by Gasteiger charge is -2.27. The van der Waals surface area contributed by atoms with Gasteiger partial charge in [0.2, 0.25) is 0 Å². The Kier molecular flexibility index (Phi) is 4.57. The number of imidazole rings is 1. The quantitative estimate of drug-likeness (QED) is 0.846. The maximum atomic E-state index is 9.06. The first-order valence-corrected chi connectivity index (χ1v) is 6.48. The highest BCUT2D eigenvalue weighted by molar-refractivity contribution is 4.91. The first-order chi connectivity index (χ1) is 8.29. The molecule has 0 aliphatic heterocycles. The fraction of sp³-hybridized carbons (Fsp3) is 0.769. The van der Waals surface area contributed by atoms with Crippen LogP contribution in [0, 0.1) is 5.92 Å². The van der Waals surface area contributed by atoms with Crippen molar-refractivity contribution >= 4 is 0 Å². The Bertz CT molecular complexity index is 330. The monoisotopic (exact) mass is 238 g/mol. The summed E-state index contributed by atoms with van der Waals surface area (Å²) in [6.45, 7) is 1.08. The minimum Gasteiger partial charge on any atom is -0.396 e. The number of rotatable bonds is 5. The number of aliphatic hydroxyl groups is 1. The molecule has 1 saturated carbocycles. The highest BCUT2D eigenvalue weighted by atomic mass is 16.5. The van der Waals surface area contributed by atoms with E-state index < -0.39 is 0 Å². The Labute approximate surface area is 103 Å². The number of hydrogen-bond donors (Lipinski definition) is 1. The second-order valence-electron chi connectivity index (χ2n) is 4.90. The molecule has 1 fully saturated rings. The van der Waals surface area contributed by atoms with Gasteiger partial charge < -0.3 is 14.4 Å². The van der Waals surface area contributed by atoms with E-state index in [1.165, 1.54) is 0 Å². The topological polar surface area (TPSA) is 47.3 Å². The van der Waals surface area contributed by atoms with Crippen LogP contribution in [0.3, 0.4) is 0 Å². The van der Waals surface area contributed by atoms with Crippen molar-refractivity contribution in [3.8, 4) is 0 Å². The Morgan fingerprint density at radius 1 is 1.41 bits per heavy atom. The van der Waals surface area contributed by atoms with Crippen molar-refractivity contribution in [3.63, 3.8) is 0 Å². The van der Waals surface area contributed by atoms with Gasteiger partial charge in [-0.05, 0) is 31.6 Å². The van der Waals surface area contributed by atoms with Crippen LogP contribution in [0.1, 0.15) is 31.5 Å². The van der Waals surface area contributed by atoms with E-state index in [0.717, 1.165) is 44.5 Å². The van der Waals surface area contributed by atoms with Crippen LogP contribution in [0.5, 0.6) is 0 Å². The van der Waals surface area contributed by atoms with Crippen molar-refractivity contribution in [2.75, 3.05) is 13.2 Å². The van der Waals surface area contributed by atoms with Crippen LogP contribution in [0.25, 0.3) is 0 Å². The Balaban J connectivity index is 1.65. The van der Waals surface area contributed by atoms with E-state index in [4.69, 9.17) is 9.84 Å². The zero-order valence-corrected chi connectivity index (χ0v) is 10.5. The Morgan fingerprint density at radius 2 is 2.18 bits per heavy atom. The number of aromatic nitrogens is 2. The molecule has 1 aliphatic rings. The van der Waals surface area contributed by atoms with Crippen LogP contribution in [0.15, 0.2) is 12.4 Å². The van der Waals surface area contributed by atoms with Crippen molar-refractivity contribution in [1.29, 1.82) is 0 Å². The largest absolute Gasteiger partial charge is 0.396 e. The number of hydrogen-bond acceptors (Lipinski definition) is 3. The molecule has 96 valence electrons. The smallest absolute Gasteiger partial charge is 0.110 e. The van der Waals surface area contributed by atoms with Gasteiger partial charge in [-0.1, -0.05) is 0 Å². The van der Waals surface area contributed by atoms with E-state index in [2.05, 4.69) is 4.98 Å². The molecule has 1 aliphatic carbocycles. The summed E-state index contributed by atoms with van der Waals surface area (Å²) in [5.41, 5.74) is 0. The zero-order valence-electron chi connectivity index (χ0n) is 10.5. The van der Waals surface area contributed by atoms with Crippen molar-refractivity contribution in [2.45, 2.75) is 38.2 Å². The zero-order chi connectivity index (χ0) is 12.1. The van der Waals surface area contributed by atoms with Crippen LogP contribution in [0.2, 0.25) is 0 Å². The number of aliphatic hydroxyl groups excluding tert-OH is 1. The summed E-state index contributed by atoms with van der Waals surface area (Å²) >= 11 is 0. The first-order valence-electron chi connectivity index (χ1n) is 6.48. The van der Waals surface area contributed by atoms with Crippen LogP contribution < -0.4 is 0 Å². The van der Waals surface area contributed by atoms with Gasteiger partial charge in [0.05, 0.1) is 12.7 Å². The third-order valence-electron chi connectivity index (χ3n) is 3.65. The summed E-state index contributed by atoms with van der Waals surface area (Å²) in [7, 11) is 2.01. The Morgan fingerprint density at radius 3 is 2.76 bits per heavy atom. The van der Waals surface area contributed by atoms with Gasteiger partial charge in [0.25, 0.3) is 0 Å². The van der Waals surface area contributed by atoms with E-state index in [1.807, 2.05) is 24.0 Å². The molecule has 4 nitrogen and oxygen atoms in total. The molecule has 0 aromatic carbocycles. The minimum absolute atomic E-state index is 0.333. The summed E-state index contributed by atoms with van der Waals surface area (Å²) in [5, 5.41) is 9.06. The third kappa shape index (κ3) is 3.54. The molecular weight excluding hydrogens is 216 g/mol. The SMILES string of the molecule is Cn1ccnc1CCOC1CCC(CO)CC1. The third-order valence-corrected chi connectivity index (χ3v) is 3.65. The van der Waals surface area contributed by atoms with Gasteiger partial charge in [-0.2, -0.15) is 0 Å². The van der Waals surface area contributed by atoms with E-state index in [9.17, 15) is 0 Å². The summed E-state index contributed by atoms with van der Waals surface area (Å²) in [6.07, 6.45) is 9.43. The number of aryl methyl sites for hydroxylation is 1. The molecule has 0 spiro atoms. The molecule has 0 amide bonds. The molecule has 1 heterocycles. The van der Waals surface area contributed by atoms with Crippen LogP contribution in [-0.4, -0.2) is 34.0 Å². The second-order valence-corrected chi connectivity index (χ2v) is 4.90. The second kappa shape index (κ2) is 6.17. The van der Waals surface area contributed by atoms with Crippen molar-refractivity contribution < 1.29 is 9.84 Å². The van der Waals surface area contributed by atoms with E-state index in [0.29, 0.717) is 18.6 Å². The molecule has 17 heavy (non-hydrogen) atoms. The van der Waals surface area contributed by atoms with Gasteiger partial charge in [-0.15, -0.1) is 0 Å². The molecular formula is C13H22N2O2. The summed E-state index contributed by atoms with van der Waals surface area (Å²) in [6, 6.07) is 0. The van der Waals surface area contributed by atoms with Crippen LogP contribution in [0.4, 0.5) is 0 Å². The molecule has 1 aromatic rings. The summed E-state index contributed by atoms with van der Waals surface area (Å²) in [5.74, 6) is 1.58. The maximum Gasteiger partial charge on any atom is 0.110 e. The lowest BCUT2D eigenvalue weighted by Crippen LogP contribution is -2.24. The highest BCUT2D eigenvalue weighted by Crippen LogP contribution is 2.25. The number of ether oxygens (including phenoxy) is 1. The van der Waals surface area contributed by atoms with Crippen LogP contribution >= 0.6 is 0 Å². The van der Waals surface area contributed by atoms with Crippen molar-refractivity contribution in [2.24, 2.45) is 13.0 Å². The average molecular weight is 238 g/mol. The predicted octanol–water partition coefficient (Wildman–Crippen LogP) is 1.53. The lowest BCUT2D eigenvalue weighted by molar-refractivity contribution is 0.0122. The molecule has 4 heteroatoms. The first kappa shape index (κ1) is 12.6. The minimum atomic E-state index is 0.333. The van der Waals surface area contributed by atoms with Crippen molar-refractivity contribution in [3.05, 3.63) is 18.2 Å². The van der Waals surface area contributed by atoms with E-state index in [1.54, 1.807) is 0 Å². The molecule has 0 atom stereocenters. The normalized spacial score (nSPS) is 25.1. The Hall–Kier alpha value is -0.870. The maximum absolute atomic E-state index is 9.06. The predicted molar refractivity (Wildman–Crippen MR) is 65.7 cm³/mol. The fourth-order valence-electron chi connectivity index (χ4n) is 2.44. The molecule has 0 radical (unpaired) electrons. The van der Waals surface area contributed by atoms with E-state index in [-0.39, 0.29) is 0 Å². The lowest BCUT2D eigenvalue weighted by atomic mass is 9.88. The molecule has 1 N–H and O–H groups in total. The average Bonchev–Trinajstić information content (AvgIpc) is 2.76. The van der Waals surface area contributed by atoms with Gasteiger partial charge in [0.15, 0.2) is 0 Å². The van der Waals surface area contributed by atoms with Gasteiger partial charge in [0, 0.05) is 32.5 Å². The molecule has 0 unspecified atom stereocenters.